The van der Waals surface area contributed by atoms with Crippen molar-refractivity contribution in [1.82, 2.24) is 15.6 Å². The fraction of sp³-hybridized carbons (Fsp3) is 0.684. The zero-order chi connectivity index (χ0) is 18.5. The molecule has 0 saturated carbocycles. The summed E-state index contributed by atoms with van der Waals surface area (Å²) in [6.45, 7) is 9.23. The van der Waals surface area contributed by atoms with E-state index in [0.717, 1.165) is 63.7 Å². The van der Waals surface area contributed by atoms with Gasteiger partial charge in [0.05, 0.1) is 25.9 Å². The summed E-state index contributed by atoms with van der Waals surface area (Å²) in [6, 6.07) is 3.91. The summed E-state index contributed by atoms with van der Waals surface area (Å²) in [5, 5.41) is 6.61. The number of nitrogens with zero attached hydrogens (tertiary/aromatic N) is 2. The Hall–Kier alpha value is -1.13. The summed E-state index contributed by atoms with van der Waals surface area (Å²) < 4.78 is 16.8. The maximum Gasteiger partial charge on any atom is 0.218 e. The zero-order valence-electron chi connectivity index (χ0n) is 16.4. The van der Waals surface area contributed by atoms with Crippen molar-refractivity contribution in [1.29, 1.82) is 0 Å². The van der Waals surface area contributed by atoms with Crippen molar-refractivity contribution in [3.05, 3.63) is 23.9 Å². The maximum atomic E-state index is 5.78. The summed E-state index contributed by atoms with van der Waals surface area (Å²) in [7, 11) is 0. The first-order chi connectivity index (χ1) is 12.8. The molecule has 0 radical (unpaired) electrons. The molecular formula is C19H33IN4O3. The highest BCUT2D eigenvalue weighted by atomic mass is 127. The van der Waals surface area contributed by atoms with E-state index >= 15 is 0 Å². The quantitative estimate of drug-likeness (QED) is 0.214. The molecule has 1 saturated heterocycles. The number of pyridine rings is 1. The first kappa shape index (κ1) is 23.9. The highest BCUT2D eigenvalue weighted by Gasteiger charge is 2.15. The van der Waals surface area contributed by atoms with Gasteiger partial charge in [0.2, 0.25) is 5.88 Å². The molecule has 1 atom stereocenters. The first-order valence-electron chi connectivity index (χ1n) is 9.61. The molecule has 2 N–H and O–H groups in total. The van der Waals surface area contributed by atoms with E-state index in [-0.39, 0.29) is 30.1 Å². The highest BCUT2D eigenvalue weighted by molar-refractivity contribution is 14.0. The molecule has 2 rings (SSSR count). The molecule has 1 aliphatic heterocycles. The Morgan fingerprint density at radius 3 is 2.96 bits per heavy atom. The van der Waals surface area contributed by atoms with Gasteiger partial charge in [-0.2, -0.15) is 0 Å². The van der Waals surface area contributed by atoms with Gasteiger partial charge in [-0.1, -0.05) is 13.0 Å². The zero-order valence-corrected chi connectivity index (χ0v) is 18.7. The van der Waals surface area contributed by atoms with E-state index in [4.69, 9.17) is 14.2 Å². The lowest BCUT2D eigenvalue weighted by molar-refractivity contribution is 0.0420. The largest absolute Gasteiger partial charge is 0.477 e. The van der Waals surface area contributed by atoms with Gasteiger partial charge in [0.25, 0.3) is 0 Å². The summed E-state index contributed by atoms with van der Waals surface area (Å²) in [5.41, 5.74) is 0.989. The Labute approximate surface area is 179 Å². The van der Waals surface area contributed by atoms with Crippen LogP contribution in [0.5, 0.6) is 5.88 Å². The van der Waals surface area contributed by atoms with Crippen LogP contribution in [0.15, 0.2) is 23.3 Å². The molecule has 0 amide bonds. The molecule has 0 spiro atoms. The average Bonchev–Trinajstić information content (AvgIpc) is 3.18. The van der Waals surface area contributed by atoms with E-state index in [2.05, 4.69) is 34.5 Å². The molecule has 27 heavy (non-hydrogen) atoms. The van der Waals surface area contributed by atoms with Gasteiger partial charge in [0, 0.05) is 38.1 Å². The van der Waals surface area contributed by atoms with Crippen LogP contribution in [-0.4, -0.2) is 56.6 Å². The lowest BCUT2D eigenvalue weighted by atomic mass is 10.3. The van der Waals surface area contributed by atoms with E-state index < -0.39 is 0 Å². The van der Waals surface area contributed by atoms with E-state index in [1.807, 2.05) is 12.1 Å². The predicted molar refractivity (Wildman–Crippen MR) is 118 cm³/mol. The number of hydrogen-bond acceptors (Lipinski definition) is 5. The Balaban J connectivity index is 0.00000364. The fourth-order valence-corrected chi connectivity index (χ4v) is 2.55. The molecule has 0 bridgehead atoms. The fourth-order valence-electron chi connectivity index (χ4n) is 2.55. The predicted octanol–water partition coefficient (Wildman–Crippen LogP) is 2.74. The van der Waals surface area contributed by atoms with Crippen LogP contribution in [0.2, 0.25) is 0 Å². The molecule has 154 valence electrons. The van der Waals surface area contributed by atoms with Crippen LogP contribution in [0.3, 0.4) is 0 Å². The van der Waals surface area contributed by atoms with Crippen molar-refractivity contribution in [3.8, 4) is 5.88 Å². The second kappa shape index (κ2) is 14.9. The van der Waals surface area contributed by atoms with Crippen molar-refractivity contribution >= 4 is 29.9 Å². The average molecular weight is 492 g/mol. The van der Waals surface area contributed by atoms with Gasteiger partial charge in [-0.3, -0.25) is 0 Å². The molecule has 1 unspecified atom stereocenters. The van der Waals surface area contributed by atoms with Gasteiger partial charge in [-0.15, -0.1) is 24.0 Å². The van der Waals surface area contributed by atoms with Gasteiger partial charge in [-0.25, -0.2) is 9.98 Å². The van der Waals surface area contributed by atoms with Crippen LogP contribution >= 0.6 is 24.0 Å². The minimum Gasteiger partial charge on any atom is -0.477 e. The number of halogens is 1. The molecule has 1 aromatic rings. The Kier molecular flexibility index (Phi) is 13.2. The number of aliphatic imine (C=N–C) groups is 1. The molecule has 8 heteroatoms. The van der Waals surface area contributed by atoms with E-state index in [1.165, 1.54) is 0 Å². The third-order valence-electron chi connectivity index (χ3n) is 3.90. The number of guanidine groups is 1. The van der Waals surface area contributed by atoms with Crippen LogP contribution in [0.4, 0.5) is 0 Å². The minimum absolute atomic E-state index is 0. The smallest absolute Gasteiger partial charge is 0.218 e. The molecule has 1 aliphatic rings. The van der Waals surface area contributed by atoms with Crippen molar-refractivity contribution in [3.63, 3.8) is 0 Å². The molecule has 2 heterocycles. The van der Waals surface area contributed by atoms with Gasteiger partial charge < -0.3 is 24.8 Å². The second-order valence-corrected chi connectivity index (χ2v) is 6.15. The van der Waals surface area contributed by atoms with Crippen molar-refractivity contribution in [2.24, 2.45) is 4.99 Å². The normalized spacial score (nSPS) is 16.7. The van der Waals surface area contributed by atoms with Crippen molar-refractivity contribution in [2.75, 3.05) is 39.5 Å². The Morgan fingerprint density at radius 2 is 2.22 bits per heavy atom. The van der Waals surface area contributed by atoms with Gasteiger partial charge >= 0.3 is 0 Å². The standard InChI is InChI=1S/C19H32N4O3.HI/c1-3-11-26-18-16(7-5-9-21-18)14-23-19(20-4-2)22-10-6-12-25-17-8-13-24-15-17;/h5,7,9,17H,3-4,6,8,10-15H2,1-2H3,(H2,20,22,23);1H. The van der Waals surface area contributed by atoms with Gasteiger partial charge in [0.1, 0.15) is 0 Å². The molecule has 0 aliphatic carbocycles. The van der Waals surface area contributed by atoms with E-state index in [1.54, 1.807) is 6.20 Å². The van der Waals surface area contributed by atoms with Crippen molar-refractivity contribution in [2.45, 2.75) is 45.8 Å². The van der Waals surface area contributed by atoms with Crippen LogP contribution in [0.1, 0.15) is 38.7 Å². The Bertz CT molecular complexity index is 539. The highest BCUT2D eigenvalue weighted by Crippen LogP contribution is 2.15. The second-order valence-electron chi connectivity index (χ2n) is 6.15. The SMILES string of the molecule is CCCOc1ncccc1CN=C(NCC)NCCCOC1CCOC1.I. The number of ether oxygens (including phenoxy) is 3. The van der Waals surface area contributed by atoms with Crippen LogP contribution in [-0.2, 0) is 16.0 Å². The molecule has 0 aromatic carbocycles. The summed E-state index contributed by atoms with van der Waals surface area (Å²) >= 11 is 0. The van der Waals surface area contributed by atoms with E-state index in [0.29, 0.717) is 19.0 Å². The molecule has 1 aromatic heterocycles. The minimum atomic E-state index is 0. The van der Waals surface area contributed by atoms with Crippen LogP contribution in [0, 0.1) is 0 Å². The maximum absolute atomic E-state index is 5.78. The number of hydrogen-bond donors (Lipinski definition) is 2. The topological polar surface area (TPSA) is 77.0 Å². The lowest BCUT2D eigenvalue weighted by Crippen LogP contribution is -2.38. The number of aromatic nitrogens is 1. The first-order valence-corrected chi connectivity index (χ1v) is 9.61. The monoisotopic (exact) mass is 492 g/mol. The summed E-state index contributed by atoms with van der Waals surface area (Å²) in [6.07, 6.45) is 4.91. The van der Waals surface area contributed by atoms with Gasteiger partial charge in [-0.05, 0) is 32.3 Å². The summed E-state index contributed by atoms with van der Waals surface area (Å²) in [5.74, 6) is 1.46. The number of rotatable bonds is 11. The molecule has 7 nitrogen and oxygen atoms in total. The number of nitrogens with one attached hydrogen (secondary N) is 2. The van der Waals surface area contributed by atoms with E-state index in [9.17, 15) is 0 Å². The Morgan fingerprint density at radius 1 is 1.33 bits per heavy atom. The third-order valence-corrected chi connectivity index (χ3v) is 3.90. The van der Waals surface area contributed by atoms with Crippen LogP contribution in [0.25, 0.3) is 0 Å². The molecule has 1 fully saturated rings. The van der Waals surface area contributed by atoms with Gasteiger partial charge in [0.15, 0.2) is 5.96 Å². The lowest BCUT2D eigenvalue weighted by Gasteiger charge is -2.13. The van der Waals surface area contributed by atoms with Crippen LogP contribution < -0.4 is 15.4 Å². The van der Waals surface area contributed by atoms with Crippen molar-refractivity contribution < 1.29 is 14.2 Å². The molecular weight excluding hydrogens is 459 g/mol. The third kappa shape index (κ3) is 9.57. The summed E-state index contributed by atoms with van der Waals surface area (Å²) in [4.78, 5) is 8.95.